The maximum Gasteiger partial charge on any atom is 0.128 e. The minimum Gasteiger partial charge on any atom is -0.493 e. The molecule has 0 saturated heterocycles. The first-order valence-electron chi connectivity index (χ1n) is 15.4. The molecule has 0 radical (unpaired) electrons. The number of unbranched alkanes of at least 4 members (excludes halogenated alkanes) is 2. The van der Waals surface area contributed by atoms with E-state index in [0.29, 0.717) is 13.2 Å². The Morgan fingerprint density at radius 3 is 1.60 bits per heavy atom. The normalized spacial score (nSPS) is 10.9. The molecule has 43 heavy (non-hydrogen) atoms. The third-order valence-corrected chi connectivity index (χ3v) is 7.58. The third-order valence-electron chi connectivity index (χ3n) is 7.58. The molecule has 1 aromatic heterocycles. The molecule has 0 spiro atoms. The highest BCUT2D eigenvalue weighted by molar-refractivity contribution is 5.89. The van der Waals surface area contributed by atoms with Gasteiger partial charge in [-0.25, -0.2) is 4.98 Å². The van der Waals surface area contributed by atoms with Crippen LogP contribution in [0.3, 0.4) is 0 Å². The zero-order chi connectivity index (χ0) is 30.0. The van der Waals surface area contributed by atoms with E-state index >= 15 is 0 Å². The molecule has 0 amide bonds. The fourth-order valence-electron chi connectivity index (χ4n) is 5.14. The van der Waals surface area contributed by atoms with Crippen LogP contribution < -0.4 is 14.4 Å². The van der Waals surface area contributed by atoms with Crippen molar-refractivity contribution in [2.45, 2.75) is 39.5 Å². The summed E-state index contributed by atoms with van der Waals surface area (Å²) in [7, 11) is 4.16. The van der Waals surface area contributed by atoms with Crippen molar-refractivity contribution >= 4 is 5.69 Å². The van der Waals surface area contributed by atoms with Gasteiger partial charge in [-0.1, -0.05) is 87.4 Å². The highest BCUT2D eigenvalue weighted by Gasteiger charge is 2.17. The van der Waals surface area contributed by atoms with Crippen LogP contribution in [0, 0.1) is 0 Å². The van der Waals surface area contributed by atoms with Crippen molar-refractivity contribution in [3.63, 3.8) is 0 Å². The largest absolute Gasteiger partial charge is 0.493 e. The van der Waals surface area contributed by atoms with Crippen LogP contribution in [0.2, 0.25) is 0 Å². The molecule has 0 bridgehead atoms. The smallest absolute Gasteiger partial charge is 0.128 e. The lowest BCUT2D eigenvalue weighted by molar-refractivity contribution is 0.310. The van der Waals surface area contributed by atoms with Gasteiger partial charge in [-0.05, 0) is 83.6 Å². The molecule has 0 fully saturated rings. The number of ether oxygens (including phenoxy) is 2. The number of para-hydroxylation sites is 2. The van der Waals surface area contributed by atoms with Gasteiger partial charge < -0.3 is 14.4 Å². The van der Waals surface area contributed by atoms with Gasteiger partial charge in [-0.3, -0.25) is 0 Å². The summed E-state index contributed by atoms with van der Waals surface area (Å²) in [5.41, 5.74) is 9.44. The van der Waals surface area contributed by atoms with E-state index in [4.69, 9.17) is 14.5 Å². The number of nitrogens with zero attached hydrogens (tertiary/aromatic N) is 2. The zero-order valence-electron chi connectivity index (χ0n) is 25.8. The van der Waals surface area contributed by atoms with E-state index in [1.165, 1.54) is 11.1 Å². The van der Waals surface area contributed by atoms with E-state index in [1.807, 2.05) is 24.3 Å². The molecule has 0 aliphatic heterocycles. The molecule has 4 nitrogen and oxygen atoms in total. The maximum absolute atomic E-state index is 6.28. The Labute approximate surface area is 257 Å². The Bertz CT molecular complexity index is 1560. The number of rotatable bonds is 13. The van der Waals surface area contributed by atoms with Crippen molar-refractivity contribution in [1.29, 1.82) is 0 Å². The van der Waals surface area contributed by atoms with Crippen LogP contribution in [0.1, 0.15) is 39.5 Å². The minimum absolute atomic E-state index is 0.678. The second-order valence-electron chi connectivity index (χ2n) is 11.0. The van der Waals surface area contributed by atoms with Crippen molar-refractivity contribution < 1.29 is 9.47 Å². The summed E-state index contributed by atoms with van der Waals surface area (Å²) < 4.78 is 12.6. The van der Waals surface area contributed by atoms with Crippen molar-refractivity contribution in [2.75, 3.05) is 32.2 Å². The topological polar surface area (TPSA) is 34.6 Å². The second kappa shape index (κ2) is 14.6. The first kappa shape index (κ1) is 29.9. The molecule has 0 aliphatic carbocycles. The number of anilines is 1. The SMILES string of the molecule is CCCCOc1ccccc1-c1cc(-c2cc(N(C)C)ccc2-c2ccccc2)cc(-c2ccccc2OCCCC)n1. The Kier molecular flexibility index (Phi) is 10.1. The van der Waals surface area contributed by atoms with E-state index in [2.05, 4.69) is 118 Å². The molecule has 0 atom stereocenters. The maximum atomic E-state index is 6.28. The Balaban J connectivity index is 1.74. The van der Waals surface area contributed by atoms with Crippen molar-refractivity contribution in [2.24, 2.45) is 0 Å². The van der Waals surface area contributed by atoms with Crippen molar-refractivity contribution in [1.82, 2.24) is 4.98 Å². The van der Waals surface area contributed by atoms with Gasteiger partial charge in [0.1, 0.15) is 11.5 Å². The van der Waals surface area contributed by atoms with Gasteiger partial charge in [0.2, 0.25) is 0 Å². The average molecular weight is 571 g/mol. The highest BCUT2D eigenvalue weighted by Crippen LogP contribution is 2.41. The summed E-state index contributed by atoms with van der Waals surface area (Å²) in [5.74, 6) is 1.70. The van der Waals surface area contributed by atoms with Crippen LogP contribution in [-0.2, 0) is 0 Å². The van der Waals surface area contributed by atoms with E-state index in [-0.39, 0.29) is 0 Å². The average Bonchev–Trinajstić information content (AvgIpc) is 3.05. The van der Waals surface area contributed by atoms with Gasteiger partial charge in [-0.15, -0.1) is 0 Å². The number of pyridine rings is 1. The molecule has 220 valence electrons. The molecule has 0 saturated carbocycles. The Hall–Kier alpha value is -4.57. The van der Waals surface area contributed by atoms with Crippen LogP contribution in [0.15, 0.2) is 109 Å². The number of hydrogen-bond acceptors (Lipinski definition) is 4. The zero-order valence-corrected chi connectivity index (χ0v) is 25.8. The van der Waals surface area contributed by atoms with Gasteiger partial charge >= 0.3 is 0 Å². The molecular formula is C39H42N2O2. The van der Waals surface area contributed by atoms with Crippen LogP contribution in [0.25, 0.3) is 44.8 Å². The van der Waals surface area contributed by atoms with Crippen LogP contribution >= 0.6 is 0 Å². The van der Waals surface area contributed by atoms with E-state index in [1.54, 1.807) is 0 Å². The van der Waals surface area contributed by atoms with Crippen molar-refractivity contribution in [3.8, 4) is 56.3 Å². The standard InChI is InChI=1S/C39H42N2O2/c1-5-7-24-42-38-20-14-12-18-33(38)36-26-30(27-37(40-36)34-19-13-15-21-39(34)43-25-8-6-2)35-28-31(41(3)4)22-23-32(35)29-16-10-9-11-17-29/h9-23,26-28H,5-8,24-25H2,1-4H3. The molecule has 5 rings (SSSR count). The molecular weight excluding hydrogens is 528 g/mol. The Morgan fingerprint density at radius 1 is 0.535 bits per heavy atom. The second-order valence-corrected chi connectivity index (χ2v) is 11.0. The number of aromatic nitrogens is 1. The van der Waals surface area contributed by atoms with E-state index < -0.39 is 0 Å². The fourth-order valence-corrected chi connectivity index (χ4v) is 5.14. The van der Waals surface area contributed by atoms with Gasteiger partial charge in [0, 0.05) is 30.9 Å². The molecule has 0 unspecified atom stereocenters. The molecule has 0 N–H and O–H groups in total. The molecule has 5 aromatic rings. The van der Waals surface area contributed by atoms with Gasteiger partial charge in [0.25, 0.3) is 0 Å². The van der Waals surface area contributed by atoms with Crippen LogP contribution in [0.4, 0.5) is 5.69 Å². The first-order chi connectivity index (χ1) is 21.1. The van der Waals surface area contributed by atoms with Gasteiger partial charge in [0.05, 0.1) is 24.6 Å². The molecule has 1 heterocycles. The summed E-state index contributed by atoms with van der Waals surface area (Å²) in [4.78, 5) is 7.41. The summed E-state index contributed by atoms with van der Waals surface area (Å²) in [5, 5.41) is 0. The molecule has 4 aromatic carbocycles. The summed E-state index contributed by atoms with van der Waals surface area (Å²) in [6.45, 7) is 5.71. The van der Waals surface area contributed by atoms with Gasteiger partial charge in [0.15, 0.2) is 0 Å². The van der Waals surface area contributed by atoms with Crippen molar-refractivity contribution in [3.05, 3.63) is 109 Å². The quantitative estimate of drug-likeness (QED) is 0.132. The first-order valence-corrected chi connectivity index (χ1v) is 15.4. The highest BCUT2D eigenvalue weighted by atomic mass is 16.5. The minimum atomic E-state index is 0.678. The monoisotopic (exact) mass is 570 g/mol. The summed E-state index contributed by atoms with van der Waals surface area (Å²) in [6.07, 6.45) is 4.18. The third kappa shape index (κ3) is 7.26. The lowest BCUT2D eigenvalue weighted by Crippen LogP contribution is -2.08. The lowest BCUT2D eigenvalue weighted by atomic mass is 9.92. The van der Waals surface area contributed by atoms with E-state index in [9.17, 15) is 0 Å². The predicted molar refractivity (Wildman–Crippen MR) is 181 cm³/mol. The van der Waals surface area contributed by atoms with Gasteiger partial charge in [-0.2, -0.15) is 0 Å². The summed E-state index contributed by atoms with van der Waals surface area (Å²) in [6, 6.07) is 38.1. The molecule has 4 heteroatoms. The van der Waals surface area contributed by atoms with Crippen LogP contribution in [0.5, 0.6) is 11.5 Å². The lowest BCUT2D eigenvalue weighted by Gasteiger charge is -2.19. The number of hydrogen-bond donors (Lipinski definition) is 0. The molecule has 0 aliphatic rings. The fraction of sp³-hybridized carbons (Fsp3) is 0.256. The predicted octanol–water partition coefficient (Wildman–Crippen LogP) is 10.2. The summed E-state index contributed by atoms with van der Waals surface area (Å²) >= 11 is 0. The Morgan fingerprint density at radius 2 is 1.07 bits per heavy atom. The number of benzene rings is 4. The van der Waals surface area contributed by atoms with E-state index in [0.717, 1.165) is 76.5 Å². The van der Waals surface area contributed by atoms with Crippen LogP contribution in [-0.4, -0.2) is 32.3 Å².